The van der Waals surface area contributed by atoms with Gasteiger partial charge < -0.3 is 15.4 Å². The standard InChI is InChI=1S/C15H16BrN3O2/c1-21-15-7-6-11(9-18-15)8-17-10-14(20)19-13-5-3-2-4-12(13)16/h2-7,9,17H,8,10H2,1H3,(H,19,20). The number of nitrogens with one attached hydrogen (secondary N) is 2. The molecule has 0 aliphatic carbocycles. The predicted octanol–water partition coefficient (Wildman–Crippen LogP) is 2.58. The molecule has 0 bridgehead atoms. The molecule has 21 heavy (non-hydrogen) atoms. The third-order valence-electron chi connectivity index (χ3n) is 2.77. The van der Waals surface area contributed by atoms with E-state index in [0.29, 0.717) is 12.4 Å². The fourth-order valence-electron chi connectivity index (χ4n) is 1.71. The van der Waals surface area contributed by atoms with E-state index in [2.05, 4.69) is 31.5 Å². The van der Waals surface area contributed by atoms with Crippen LogP contribution >= 0.6 is 15.9 Å². The largest absolute Gasteiger partial charge is 0.481 e. The number of anilines is 1. The molecule has 0 aliphatic heterocycles. The molecule has 0 spiro atoms. The maximum atomic E-state index is 11.8. The topological polar surface area (TPSA) is 63.2 Å². The lowest BCUT2D eigenvalue weighted by molar-refractivity contribution is -0.115. The van der Waals surface area contributed by atoms with E-state index < -0.39 is 0 Å². The minimum Gasteiger partial charge on any atom is -0.481 e. The van der Waals surface area contributed by atoms with Crippen molar-refractivity contribution < 1.29 is 9.53 Å². The number of pyridine rings is 1. The predicted molar refractivity (Wildman–Crippen MR) is 85.3 cm³/mol. The Bertz CT molecular complexity index is 602. The number of hydrogen-bond acceptors (Lipinski definition) is 4. The number of carbonyl (C=O) groups is 1. The number of ether oxygens (including phenoxy) is 1. The highest BCUT2D eigenvalue weighted by Gasteiger charge is 2.04. The molecule has 0 radical (unpaired) electrons. The number of amides is 1. The summed E-state index contributed by atoms with van der Waals surface area (Å²) in [5.41, 5.74) is 1.75. The van der Waals surface area contributed by atoms with Crippen LogP contribution in [-0.2, 0) is 11.3 Å². The lowest BCUT2D eigenvalue weighted by Crippen LogP contribution is -2.27. The smallest absolute Gasteiger partial charge is 0.238 e. The van der Waals surface area contributed by atoms with Gasteiger partial charge >= 0.3 is 0 Å². The van der Waals surface area contributed by atoms with Gasteiger partial charge in [0.15, 0.2) is 0 Å². The van der Waals surface area contributed by atoms with E-state index in [9.17, 15) is 4.79 Å². The van der Waals surface area contributed by atoms with E-state index in [-0.39, 0.29) is 12.5 Å². The summed E-state index contributed by atoms with van der Waals surface area (Å²) < 4.78 is 5.85. The normalized spacial score (nSPS) is 10.2. The second-order valence-electron chi connectivity index (χ2n) is 4.34. The Kier molecular flexibility index (Phi) is 5.71. The highest BCUT2D eigenvalue weighted by Crippen LogP contribution is 2.20. The Hall–Kier alpha value is -1.92. The lowest BCUT2D eigenvalue weighted by atomic mass is 10.3. The van der Waals surface area contributed by atoms with Gasteiger partial charge in [-0.1, -0.05) is 18.2 Å². The number of methoxy groups -OCH3 is 1. The van der Waals surface area contributed by atoms with Crippen molar-refractivity contribution in [1.29, 1.82) is 0 Å². The molecule has 1 aromatic carbocycles. The van der Waals surface area contributed by atoms with Crippen LogP contribution in [0.25, 0.3) is 0 Å². The number of halogens is 1. The number of nitrogens with zero attached hydrogens (tertiary/aromatic N) is 1. The first-order valence-electron chi connectivity index (χ1n) is 6.43. The van der Waals surface area contributed by atoms with Gasteiger partial charge in [-0.2, -0.15) is 0 Å². The fraction of sp³-hybridized carbons (Fsp3) is 0.200. The lowest BCUT2D eigenvalue weighted by Gasteiger charge is -2.08. The summed E-state index contributed by atoms with van der Waals surface area (Å²) in [6.45, 7) is 0.799. The Morgan fingerprint density at radius 1 is 1.29 bits per heavy atom. The molecule has 2 N–H and O–H groups in total. The first-order chi connectivity index (χ1) is 10.2. The number of carbonyl (C=O) groups excluding carboxylic acids is 1. The molecular weight excluding hydrogens is 334 g/mol. The van der Waals surface area contributed by atoms with E-state index in [1.807, 2.05) is 30.3 Å². The fourth-order valence-corrected chi connectivity index (χ4v) is 2.10. The van der Waals surface area contributed by atoms with Crippen LogP contribution in [0.2, 0.25) is 0 Å². The molecule has 0 atom stereocenters. The molecule has 0 fully saturated rings. The zero-order valence-corrected chi connectivity index (χ0v) is 13.2. The molecule has 1 amide bonds. The van der Waals surface area contributed by atoms with Crippen LogP contribution < -0.4 is 15.4 Å². The quantitative estimate of drug-likeness (QED) is 0.841. The highest BCUT2D eigenvalue weighted by molar-refractivity contribution is 9.10. The molecular formula is C15H16BrN3O2. The monoisotopic (exact) mass is 349 g/mol. The second kappa shape index (κ2) is 7.75. The van der Waals surface area contributed by atoms with Crippen molar-refractivity contribution in [3.05, 3.63) is 52.6 Å². The summed E-state index contributed by atoms with van der Waals surface area (Å²) >= 11 is 3.39. The highest BCUT2D eigenvalue weighted by atomic mass is 79.9. The van der Waals surface area contributed by atoms with Gasteiger partial charge in [-0.15, -0.1) is 0 Å². The molecule has 0 saturated carbocycles. The Morgan fingerprint density at radius 3 is 2.76 bits per heavy atom. The summed E-state index contributed by atoms with van der Waals surface area (Å²) in [5, 5.41) is 5.90. The van der Waals surface area contributed by atoms with Gasteiger partial charge in [0.1, 0.15) is 0 Å². The summed E-state index contributed by atoms with van der Waals surface area (Å²) in [6.07, 6.45) is 1.72. The Morgan fingerprint density at radius 2 is 2.10 bits per heavy atom. The third kappa shape index (κ3) is 4.84. The van der Waals surface area contributed by atoms with E-state index >= 15 is 0 Å². The molecule has 2 rings (SSSR count). The number of aromatic nitrogens is 1. The first-order valence-corrected chi connectivity index (χ1v) is 7.22. The number of benzene rings is 1. The molecule has 5 nitrogen and oxygen atoms in total. The third-order valence-corrected chi connectivity index (χ3v) is 3.46. The molecule has 110 valence electrons. The second-order valence-corrected chi connectivity index (χ2v) is 5.19. The van der Waals surface area contributed by atoms with Gasteiger partial charge in [-0.3, -0.25) is 4.79 Å². The van der Waals surface area contributed by atoms with E-state index in [4.69, 9.17) is 4.74 Å². The van der Waals surface area contributed by atoms with Gasteiger partial charge in [0.2, 0.25) is 11.8 Å². The van der Waals surface area contributed by atoms with E-state index in [0.717, 1.165) is 15.7 Å². The van der Waals surface area contributed by atoms with Crippen molar-refractivity contribution in [3.8, 4) is 5.88 Å². The summed E-state index contributed by atoms with van der Waals surface area (Å²) in [5.74, 6) is 0.480. The van der Waals surface area contributed by atoms with Crippen molar-refractivity contribution in [3.63, 3.8) is 0 Å². The van der Waals surface area contributed by atoms with E-state index in [1.54, 1.807) is 19.4 Å². The average Bonchev–Trinajstić information content (AvgIpc) is 2.50. The Labute approximate surface area is 131 Å². The molecule has 0 saturated heterocycles. The number of rotatable bonds is 6. The van der Waals surface area contributed by atoms with Crippen LogP contribution in [0, 0.1) is 0 Å². The van der Waals surface area contributed by atoms with Crippen molar-refractivity contribution in [2.45, 2.75) is 6.54 Å². The summed E-state index contributed by atoms with van der Waals surface area (Å²) in [7, 11) is 1.58. The number of hydrogen-bond donors (Lipinski definition) is 2. The number of para-hydroxylation sites is 1. The molecule has 0 aliphatic rings. The van der Waals surface area contributed by atoms with Crippen molar-refractivity contribution in [2.75, 3.05) is 19.0 Å². The van der Waals surface area contributed by atoms with Crippen molar-refractivity contribution >= 4 is 27.5 Å². The van der Waals surface area contributed by atoms with Gasteiger partial charge in [0, 0.05) is 23.3 Å². The SMILES string of the molecule is COc1ccc(CNCC(=O)Nc2ccccc2Br)cn1. The maximum absolute atomic E-state index is 11.8. The van der Waals surface area contributed by atoms with Gasteiger partial charge in [0.05, 0.1) is 19.3 Å². The molecule has 6 heteroatoms. The zero-order chi connectivity index (χ0) is 15.1. The van der Waals surface area contributed by atoms with Crippen LogP contribution in [0.15, 0.2) is 47.1 Å². The van der Waals surface area contributed by atoms with Gasteiger partial charge in [0.25, 0.3) is 0 Å². The minimum absolute atomic E-state index is 0.0941. The Balaban J connectivity index is 1.77. The zero-order valence-electron chi connectivity index (χ0n) is 11.6. The molecule has 2 aromatic rings. The van der Waals surface area contributed by atoms with Crippen LogP contribution in [0.5, 0.6) is 5.88 Å². The molecule has 0 unspecified atom stereocenters. The maximum Gasteiger partial charge on any atom is 0.238 e. The molecule has 1 aromatic heterocycles. The summed E-state index contributed by atoms with van der Waals surface area (Å²) in [6, 6.07) is 11.2. The van der Waals surface area contributed by atoms with E-state index in [1.165, 1.54) is 0 Å². The van der Waals surface area contributed by atoms with Crippen molar-refractivity contribution in [2.24, 2.45) is 0 Å². The van der Waals surface area contributed by atoms with Crippen LogP contribution in [0.3, 0.4) is 0 Å². The van der Waals surface area contributed by atoms with Crippen LogP contribution in [0.4, 0.5) is 5.69 Å². The first kappa shape index (κ1) is 15.5. The van der Waals surface area contributed by atoms with Crippen LogP contribution in [0.1, 0.15) is 5.56 Å². The van der Waals surface area contributed by atoms with Gasteiger partial charge in [-0.25, -0.2) is 4.98 Å². The summed E-state index contributed by atoms with van der Waals surface area (Å²) in [4.78, 5) is 15.9. The molecule has 1 heterocycles. The minimum atomic E-state index is -0.0941. The van der Waals surface area contributed by atoms with Crippen molar-refractivity contribution in [1.82, 2.24) is 10.3 Å². The average molecular weight is 350 g/mol. The van der Waals surface area contributed by atoms with Crippen LogP contribution in [-0.4, -0.2) is 24.5 Å². The van der Waals surface area contributed by atoms with Gasteiger partial charge in [-0.05, 0) is 33.6 Å².